The van der Waals surface area contributed by atoms with Gasteiger partial charge in [-0.25, -0.2) is 4.98 Å². The third kappa shape index (κ3) is 5.59. The van der Waals surface area contributed by atoms with Crippen LogP contribution in [0.4, 0.5) is 0 Å². The van der Waals surface area contributed by atoms with E-state index in [9.17, 15) is 0 Å². The molecule has 5 nitrogen and oxygen atoms in total. The van der Waals surface area contributed by atoms with Crippen molar-refractivity contribution in [1.29, 1.82) is 0 Å². The number of hydrogen-bond acceptors (Lipinski definition) is 5. The van der Waals surface area contributed by atoms with E-state index in [1.54, 1.807) is 0 Å². The van der Waals surface area contributed by atoms with Gasteiger partial charge in [-0.1, -0.05) is 42.5 Å². The van der Waals surface area contributed by atoms with Gasteiger partial charge >= 0.3 is 0 Å². The molecule has 5 heteroatoms. The van der Waals surface area contributed by atoms with E-state index in [1.807, 2.05) is 55.5 Å². The average molecular weight is 405 g/mol. The molecule has 2 aromatic carbocycles. The Balaban J connectivity index is 1.29. The van der Waals surface area contributed by atoms with Gasteiger partial charge in [0.25, 0.3) is 0 Å². The van der Waals surface area contributed by atoms with Crippen LogP contribution in [0.2, 0.25) is 0 Å². The number of ether oxygens (including phenoxy) is 4. The Morgan fingerprint density at radius 3 is 2.40 bits per heavy atom. The minimum Gasteiger partial charge on any atom is -0.494 e. The number of nitrogens with zero attached hydrogens (tertiary/aromatic N) is 1. The van der Waals surface area contributed by atoms with Crippen molar-refractivity contribution in [2.45, 2.75) is 32.7 Å². The quantitative estimate of drug-likeness (QED) is 0.460. The fraction of sp³-hybridized carbons (Fsp3) is 0.320. The zero-order chi connectivity index (χ0) is 20.6. The average Bonchev–Trinajstić information content (AvgIpc) is 3.30. The first kappa shape index (κ1) is 20.4. The molecule has 4 rings (SSSR count). The summed E-state index contributed by atoms with van der Waals surface area (Å²) in [6.45, 7) is 4.55. The molecule has 3 aromatic rings. The largest absolute Gasteiger partial charge is 0.494 e. The molecule has 0 saturated carbocycles. The maximum absolute atomic E-state index is 5.83. The van der Waals surface area contributed by atoms with E-state index in [0.29, 0.717) is 32.3 Å². The number of pyridine rings is 1. The summed E-state index contributed by atoms with van der Waals surface area (Å²) in [5.41, 5.74) is 4.25. The molecular formula is C25H27NO4. The SMILES string of the molecule is Cc1nc(OCc2ccccc2)ccc1-c1ccc(OCCCC2OCCO2)cc1. The molecule has 0 atom stereocenters. The molecule has 0 radical (unpaired) electrons. The Labute approximate surface area is 177 Å². The van der Waals surface area contributed by atoms with Crippen molar-refractivity contribution < 1.29 is 18.9 Å². The zero-order valence-electron chi connectivity index (χ0n) is 17.3. The van der Waals surface area contributed by atoms with Crippen LogP contribution in [0.1, 0.15) is 24.1 Å². The number of benzene rings is 2. The molecule has 1 aromatic heterocycles. The minimum atomic E-state index is -0.0638. The first-order valence-corrected chi connectivity index (χ1v) is 10.4. The number of rotatable bonds is 9. The van der Waals surface area contributed by atoms with E-state index in [2.05, 4.69) is 23.2 Å². The van der Waals surface area contributed by atoms with Crippen LogP contribution in [0.5, 0.6) is 11.6 Å². The van der Waals surface area contributed by atoms with Gasteiger partial charge in [-0.2, -0.15) is 0 Å². The Bertz CT molecular complexity index is 922. The van der Waals surface area contributed by atoms with Gasteiger partial charge in [0.1, 0.15) is 12.4 Å². The van der Waals surface area contributed by atoms with Crippen molar-refractivity contribution in [3.8, 4) is 22.8 Å². The Hall–Kier alpha value is -2.89. The first-order valence-electron chi connectivity index (χ1n) is 10.4. The van der Waals surface area contributed by atoms with Gasteiger partial charge in [0.05, 0.1) is 19.8 Å². The van der Waals surface area contributed by atoms with E-state index < -0.39 is 0 Å². The van der Waals surface area contributed by atoms with Gasteiger partial charge < -0.3 is 18.9 Å². The van der Waals surface area contributed by atoms with E-state index >= 15 is 0 Å². The standard InChI is InChI=1S/C25H27NO4/c1-19-23(13-14-24(26-19)30-18-20-6-3-2-4-7-20)21-9-11-22(12-10-21)27-15-5-8-25-28-16-17-29-25/h2-4,6-7,9-14,25H,5,8,15-18H2,1H3. The maximum Gasteiger partial charge on any atom is 0.213 e. The molecule has 2 heterocycles. The first-order chi connectivity index (χ1) is 14.8. The molecule has 0 spiro atoms. The highest BCUT2D eigenvalue weighted by molar-refractivity contribution is 5.66. The van der Waals surface area contributed by atoms with Gasteiger partial charge in [-0.15, -0.1) is 0 Å². The molecule has 30 heavy (non-hydrogen) atoms. The van der Waals surface area contributed by atoms with Crippen LogP contribution in [0.15, 0.2) is 66.7 Å². The molecule has 1 aliphatic rings. The number of hydrogen-bond donors (Lipinski definition) is 0. The fourth-order valence-electron chi connectivity index (χ4n) is 3.40. The maximum atomic E-state index is 5.83. The lowest BCUT2D eigenvalue weighted by molar-refractivity contribution is -0.0492. The smallest absolute Gasteiger partial charge is 0.213 e. The third-order valence-electron chi connectivity index (χ3n) is 5.00. The van der Waals surface area contributed by atoms with Crippen LogP contribution in [0.25, 0.3) is 11.1 Å². The third-order valence-corrected chi connectivity index (χ3v) is 5.00. The molecule has 156 valence electrons. The molecular weight excluding hydrogens is 378 g/mol. The van der Waals surface area contributed by atoms with Crippen LogP contribution in [-0.2, 0) is 16.1 Å². The van der Waals surface area contributed by atoms with E-state index in [1.165, 1.54) is 0 Å². The predicted molar refractivity (Wildman–Crippen MR) is 116 cm³/mol. The molecule has 0 bridgehead atoms. The Morgan fingerprint density at radius 2 is 1.67 bits per heavy atom. The summed E-state index contributed by atoms with van der Waals surface area (Å²) >= 11 is 0. The summed E-state index contributed by atoms with van der Waals surface area (Å²) in [5.74, 6) is 1.50. The minimum absolute atomic E-state index is 0.0638. The topological polar surface area (TPSA) is 49.8 Å². The van der Waals surface area contributed by atoms with Crippen molar-refractivity contribution in [2.75, 3.05) is 19.8 Å². The molecule has 1 aliphatic heterocycles. The Kier molecular flexibility index (Phi) is 6.95. The lowest BCUT2D eigenvalue weighted by atomic mass is 10.0. The number of aryl methyl sites for hydroxylation is 1. The molecule has 0 amide bonds. The molecule has 1 fully saturated rings. The van der Waals surface area contributed by atoms with Gasteiger partial charge in [0.15, 0.2) is 6.29 Å². The monoisotopic (exact) mass is 405 g/mol. The van der Waals surface area contributed by atoms with E-state index in [4.69, 9.17) is 18.9 Å². The lowest BCUT2D eigenvalue weighted by Gasteiger charge is -2.11. The van der Waals surface area contributed by atoms with Crippen LogP contribution < -0.4 is 9.47 Å². The Morgan fingerprint density at radius 1 is 0.900 bits per heavy atom. The highest BCUT2D eigenvalue weighted by Gasteiger charge is 2.15. The van der Waals surface area contributed by atoms with Crippen LogP contribution in [0.3, 0.4) is 0 Å². The molecule has 1 saturated heterocycles. The van der Waals surface area contributed by atoms with Crippen molar-refractivity contribution >= 4 is 0 Å². The molecule has 0 unspecified atom stereocenters. The van der Waals surface area contributed by atoms with E-state index in [0.717, 1.165) is 41.0 Å². The van der Waals surface area contributed by atoms with Gasteiger partial charge in [-0.05, 0) is 42.7 Å². The number of aromatic nitrogens is 1. The summed E-state index contributed by atoms with van der Waals surface area (Å²) in [6.07, 6.45) is 1.70. The summed E-state index contributed by atoms with van der Waals surface area (Å²) < 4.78 is 22.5. The highest BCUT2D eigenvalue weighted by Crippen LogP contribution is 2.26. The zero-order valence-corrected chi connectivity index (χ0v) is 17.3. The second-order valence-electron chi connectivity index (χ2n) is 7.24. The summed E-state index contributed by atoms with van der Waals surface area (Å²) in [4.78, 5) is 4.61. The normalized spacial score (nSPS) is 14.0. The van der Waals surface area contributed by atoms with Gasteiger partial charge in [-0.3, -0.25) is 0 Å². The fourth-order valence-corrected chi connectivity index (χ4v) is 3.40. The van der Waals surface area contributed by atoms with Gasteiger partial charge in [0, 0.05) is 23.7 Å². The van der Waals surface area contributed by atoms with E-state index in [-0.39, 0.29) is 6.29 Å². The summed E-state index contributed by atoms with van der Waals surface area (Å²) in [6, 6.07) is 22.2. The second kappa shape index (κ2) is 10.2. The second-order valence-corrected chi connectivity index (χ2v) is 7.24. The van der Waals surface area contributed by atoms with Crippen LogP contribution >= 0.6 is 0 Å². The van der Waals surface area contributed by atoms with Crippen molar-refractivity contribution in [1.82, 2.24) is 4.98 Å². The lowest BCUT2D eigenvalue weighted by Crippen LogP contribution is -2.09. The van der Waals surface area contributed by atoms with Crippen molar-refractivity contribution in [3.05, 3.63) is 78.0 Å². The van der Waals surface area contributed by atoms with Crippen LogP contribution in [-0.4, -0.2) is 31.1 Å². The van der Waals surface area contributed by atoms with Crippen LogP contribution in [0, 0.1) is 6.92 Å². The predicted octanol–water partition coefficient (Wildman–Crippen LogP) is 5.17. The van der Waals surface area contributed by atoms with Crippen molar-refractivity contribution in [2.24, 2.45) is 0 Å². The van der Waals surface area contributed by atoms with Crippen molar-refractivity contribution in [3.63, 3.8) is 0 Å². The molecule has 0 aliphatic carbocycles. The summed E-state index contributed by atoms with van der Waals surface area (Å²) in [5, 5.41) is 0. The summed E-state index contributed by atoms with van der Waals surface area (Å²) in [7, 11) is 0. The molecule has 0 N–H and O–H groups in total. The van der Waals surface area contributed by atoms with Gasteiger partial charge in [0.2, 0.25) is 5.88 Å². The highest BCUT2D eigenvalue weighted by atomic mass is 16.7.